The Morgan fingerprint density at radius 2 is 2.14 bits per heavy atom. The minimum absolute atomic E-state index is 0.0545. The standard InChI is InChI=1S/C15H28N4O2/c1-18(2)8-9-19-14(13(20-3)11-17-19)12(16)10-15(21-4)6-5-7-15/h11-12H,5-10,16H2,1-4H3. The molecule has 0 aromatic carbocycles. The van der Waals surface area contributed by atoms with E-state index in [1.807, 2.05) is 4.68 Å². The first-order chi connectivity index (χ1) is 10.0. The molecule has 1 fully saturated rings. The SMILES string of the molecule is COc1cnn(CCN(C)C)c1C(N)CC1(OC)CCC1. The van der Waals surface area contributed by atoms with Crippen molar-refractivity contribution in [3.63, 3.8) is 0 Å². The van der Waals surface area contributed by atoms with Crippen molar-refractivity contribution in [3.8, 4) is 5.75 Å². The van der Waals surface area contributed by atoms with Gasteiger partial charge in [-0.1, -0.05) is 0 Å². The highest BCUT2D eigenvalue weighted by Crippen LogP contribution is 2.42. The van der Waals surface area contributed by atoms with Crippen LogP contribution in [0.3, 0.4) is 0 Å². The summed E-state index contributed by atoms with van der Waals surface area (Å²) in [5.74, 6) is 0.770. The third-order valence-electron chi connectivity index (χ3n) is 4.46. The summed E-state index contributed by atoms with van der Waals surface area (Å²) in [5.41, 5.74) is 7.38. The minimum atomic E-state index is -0.120. The molecule has 6 heteroatoms. The molecule has 0 aliphatic heterocycles. The quantitative estimate of drug-likeness (QED) is 0.786. The molecule has 1 unspecified atom stereocenters. The first kappa shape index (κ1) is 16.3. The van der Waals surface area contributed by atoms with Gasteiger partial charge in [0.15, 0.2) is 5.75 Å². The Labute approximate surface area is 127 Å². The Hall–Kier alpha value is -1.11. The highest BCUT2D eigenvalue weighted by atomic mass is 16.5. The van der Waals surface area contributed by atoms with Gasteiger partial charge in [-0.25, -0.2) is 0 Å². The third kappa shape index (κ3) is 3.56. The molecule has 6 nitrogen and oxygen atoms in total. The lowest BCUT2D eigenvalue weighted by Gasteiger charge is -2.42. The second-order valence-corrected chi connectivity index (χ2v) is 6.18. The van der Waals surface area contributed by atoms with E-state index in [-0.39, 0.29) is 11.6 Å². The zero-order valence-electron chi connectivity index (χ0n) is 13.6. The molecule has 0 saturated heterocycles. The molecule has 1 aliphatic rings. The number of ether oxygens (including phenoxy) is 2. The maximum Gasteiger partial charge on any atom is 0.161 e. The van der Waals surface area contributed by atoms with Crippen LogP contribution in [-0.4, -0.2) is 55.1 Å². The predicted octanol–water partition coefficient (Wildman–Crippen LogP) is 1.41. The number of nitrogens with two attached hydrogens (primary N) is 1. The topological polar surface area (TPSA) is 65.5 Å². The van der Waals surface area contributed by atoms with Gasteiger partial charge in [0, 0.05) is 13.7 Å². The van der Waals surface area contributed by atoms with Crippen LogP contribution in [0.1, 0.15) is 37.4 Å². The number of aromatic nitrogens is 2. The van der Waals surface area contributed by atoms with Gasteiger partial charge in [0.25, 0.3) is 0 Å². The Balaban J connectivity index is 2.13. The molecule has 1 saturated carbocycles. The fraction of sp³-hybridized carbons (Fsp3) is 0.800. The van der Waals surface area contributed by atoms with Crippen molar-refractivity contribution in [2.24, 2.45) is 5.73 Å². The molecule has 0 radical (unpaired) electrons. The number of hydrogen-bond acceptors (Lipinski definition) is 5. The molecule has 1 aromatic heterocycles. The second-order valence-electron chi connectivity index (χ2n) is 6.18. The molecule has 1 atom stereocenters. The average Bonchev–Trinajstić information content (AvgIpc) is 2.83. The summed E-state index contributed by atoms with van der Waals surface area (Å²) in [6.45, 7) is 1.72. The summed E-state index contributed by atoms with van der Waals surface area (Å²) in [6, 6.07) is -0.120. The lowest BCUT2D eigenvalue weighted by atomic mass is 9.75. The fourth-order valence-corrected chi connectivity index (χ4v) is 2.94. The van der Waals surface area contributed by atoms with Crippen LogP contribution in [0.15, 0.2) is 6.20 Å². The molecule has 0 amide bonds. The summed E-state index contributed by atoms with van der Waals surface area (Å²) in [4.78, 5) is 2.13. The van der Waals surface area contributed by atoms with Crippen molar-refractivity contribution < 1.29 is 9.47 Å². The van der Waals surface area contributed by atoms with Crippen LogP contribution in [0.25, 0.3) is 0 Å². The predicted molar refractivity (Wildman–Crippen MR) is 82.5 cm³/mol. The Bertz CT molecular complexity index is 449. The van der Waals surface area contributed by atoms with Gasteiger partial charge in [-0.15, -0.1) is 0 Å². The van der Waals surface area contributed by atoms with Crippen LogP contribution in [0.4, 0.5) is 0 Å². The smallest absolute Gasteiger partial charge is 0.161 e. The second kappa shape index (κ2) is 6.77. The van der Waals surface area contributed by atoms with Crippen molar-refractivity contribution in [3.05, 3.63) is 11.9 Å². The molecule has 1 heterocycles. The first-order valence-electron chi connectivity index (χ1n) is 7.56. The van der Waals surface area contributed by atoms with Crippen LogP contribution < -0.4 is 10.5 Å². The Kier molecular flexibility index (Phi) is 5.24. The van der Waals surface area contributed by atoms with Crippen molar-refractivity contribution >= 4 is 0 Å². The van der Waals surface area contributed by atoms with E-state index in [0.717, 1.165) is 43.8 Å². The molecule has 1 aromatic rings. The number of methoxy groups -OCH3 is 2. The Morgan fingerprint density at radius 3 is 2.62 bits per heavy atom. The zero-order chi connectivity index (χ0) is 15.5. The van der Waals surface area contributed by atoms with Crippen molar-refractivity contribution in [2.75, 3.05) is 34.9 Å². The van der Waals surface area contributed by atoms with Crippen LogP contribution in [-0.2, 0) is 11.3 Å². The van der Waals surface area contributed by atoms with Crippen LogP contribution in [0.5, 0.6) is 5.75 Å². The summed E-state index contributed by atoms with van der Waals surface area (Å²) in [5, 5.41) is 4.42. The van der Waals surface area contributed by atoms with Gasteiger partial charge < -0.3 is 20.1 Å². The lowest BCUT2D eigenvalue weighted by molar-refractivity contribution is -0.0821. The highest BCUT2D eigenvalue weighted by molar-refractivity contribution is 5.28. The third-order valence-corrected chi connectivity index (χ3v) is 4.46. The number of rotatable bonds is 8. The van der Waals surface area contributed by atoms with Crippen molar-refractivity contribution in [1.82, 2.24) is 14.7 Å². The summed E-state index contributed by atoms with van der Waals surface area (Å²) in [7, 11) is 7.55. The van der Waals surface area contributed by atoms with Gasteiger partial charge in [-0.3, -0.25) is 4.68 Å². The Morgan fingerprint density at radius 1 is 1.43 bits per heavy atom. The largest absolute Gasteiger partial charge is 0.493 e. The van der Waals surface area contributed by atoms with Gasteiger partial charge in [0.1, 0.15) is 0 Å². The minimum Gasteiger partial charge on any atom is -0.493 e. The lowest BCUT2D eigenvalue weighted by Crippen LogP contribution is -2.42. The van der Waals surface area contributed by atoms with E-state index in [2.05, 4.69) is 24.1 Å². The van der Waals surface area contributed by atoms with E-state index in [9.17, 15) is 0 Å². The zero-order valence-corrected chi connectivity index (χ0v) is 13.6. The monoisotopic (exact) mass is 296 g/mol. The molecule has 21 heavy (non-hydrogen) atoms. The maximum atomic E-state index is 6.46. The molecular weight excluding hydrogens is 268 g/mol. The molecule has 0 bridgehead atoms. The van der Waals surface area contributed by atoms with E-state index in [1.54, 1.807) is 20.4 Å². The molecule has 120 valence electrons. The van der Waals surface area contributed by atoms with E-state index < -0.39 is 0 Å². The first-order valence-corrected chi connectivity index (χ1v) is 7.56. The normalized spacial score (nSPS) is 18.6. The van der Waals surface area contributed by atoms with E-state index in [0.29, 0.717) is 0 Å². The number of likely N-dealkylation sites (N-methyl/N-ethyl adjacent to an activating group) is 1. The van der Waals surface area contributed by atoms with Gasteiger partial charge in [0.05, 0.1) is 37.2 Å². The summed E-state index contributed by atoms with van der Waals surface area (Å²) < 4.78 is 13.1. The van der Waals surface area contributed by atoms with Crippen LogP contribution in [0.2, 0.25) is 0 Å². The van der Waals surface area contributed by atoms with Gasteiger partial charge in [-0.2, -0.15) is 5.10 Å². The van der Waals surface area contributed by atoms with E-state index >= 15 is 0 Å². The molecule has 0 spiro atoms. The van der Waals surface area contributed by atoms with Crippen molar-refractivity contribution in [2.45, 2.75) is 43.9 Å². The van der Waals surface area contributed by atoms with Crippen LogP contribution >= 0.6 is 0 Å². The molecule has 1 aliphatic carbocycles. The fourth-order valence-electron chi connectivity index (χ4n) is 2.94. The van der Waals surface area contributed by atoms with Crippen molar-refractivity contribution in [1.29, 1.82) is 0 Å². The molecule has 2 rings (SSSR count). The van der Waals surface area contributed by atoms with Gasteiger partial charge >= 0.3 is 0 Å². The molecule has 2 N–H and O–H groups in total. The van der Waals surface area contributed by atoms with Gasteiger partial charge in [-0.05, 0) is 39.8 Å². The summed E-state index contributed by atoms with van der Waals surface area (Å²) in [6.07, 6.45) is 5.97. The number of nitrogens with zero attached hydrogens (tertiary/aromatic N) is 3. The summed E-state index contributed by atoms with van der Waals surface area (Å²) >= 11 is 0. The highest BCUT2D eigenvalue weighted by Gasteiger charge is 2.39. The average molecular weight is 296 g/mol. The number of hydrogen-bond donors (Lipinski definition) is 1. The van der Waals surface area contributed by atoms with Crippen LogP contribution in [0, 0.1) is 0 Å². The maximum absolute atomic E-state index is 6.46. The van der Waals surface area contributed by atoms with E-state index in [1.165, 1.54) is 6.42 Å². The molecular formula is C15H28N4O2. The van der Waals surface area contributed by atoms with Gasteiger partial charge in [0.2, 0.25) is 0 Å². The van der Waals surface area contributed by atoms with E-state index in [4.69, 9.17) is 15.2 Å².